The van der Waals surface area contributed by atoms with Gasteiger partial charge in [0.15, 0.2) is 0 Å². The minimum Gasteiger partial charge on any atom is -0.454 e. The molecule has 4 heteroatoms. The molecule has 4 nitrogen and oxygen atoms in total. The summed E-state index contributed by atoms with van der Waals surface area (Å²) in [5.41, 5.74) is 8.81. The Morgan fingerprint density at radius 2 is 1.81 bits per heavy atom. The van der Waals surface area contributed by atoms with Crippen molar-refractivity contribution in [1.29, 1.82) is 0 Å². The van der Waals surface area contributed by atoms with E-state index < -0.39 is 0 Å². The Labute approximate surface area is 125 Å². The highest BCUT2D eigenvalue weighted by Gasteiger charge is 2.15. The van der Waals surface area contributed by atoms with Crippen molar-refractivity contribution in [1.82, 2.24) is 0 Å². The molecule has 0 bridgehead atoms. The minimum atomic E-state index is -0.372. The molecular weight excluding hydrogens is 264 g/mol. The lowest BCUT2D eigenvalue weighted by Crippen LogP contribution is -2.13. The monoisotopic (exact) mass is 284 g/mol. The zero-order valence-electron chi connectivity index (χ0n) is 12.5. The van der Waals surface area contributed by atoms with Crippen LogP contribution in [0.5, 0.6) is 0 Å². The fourth-order valence-corrected chi connectivity index (χ4v) is 2.11. The lowest BCUT2D eigenvalue weighted by molar-refractivity contribution is 0.0338. The van der Waals surface area contributed by atoms with Gasteiger partial charge in [-0.1, -0.05) is 30.3 Å². The predicted octanol–water partition coefficient (Wildman–Crippen LogP) is 3.25. The van der Waals surface area contributed by atoms with Crippen molar-refractivity contribution >= 4 is 17.3 Å². The summed E-state index contributed by atoms with van der Waals surface area (Å²) < 4.78 is 5.47. The van der Waals surface area contributed by atoms with E-state index in [0.29, 0.717) is 11.3 Å². The summed E-state index contributed by atoms with van der Waals surface area (Å²) in [6, 6.07) is 14.8. The van der Waals surface area contributed by atoms with Gasteiger partial charge >= 0.3 is 5.97 Å². The van der Waals surface area contributed by atoms with Crippen molar-refractivity contribution in [2.24, 2.45) is 0 Å². The number of nitrogen functional groups attached to an aromatic ring is 1. The van der Waals surface area contributed by atoms with Crippen LogP contribution in [-0.2, 0) is 4.74 Å². The summed E-state index contributed by atoms with van der Waals surface area (Å²) in [5.74, 6) is -0.372. The second kappa shape index (κ2) is 6.31. The van der Waals surface area contributed by atoms with E-state index in [9.17, 15) is 4.79 Å². The van der Waals surface area contributed by atoms with Crippen molar-refractivity contribution in [3.8, 4) is 0 Å². The number of hydrogen-bond donors (Lipinski definition) is 1. The molecule has 2 aromatic carbocycles. The Kier molecular flexibility index (Phi) is 4.48. The number of ether oxygens (including phenoxy) is 1. The lowest BCUT2D eigenvalue weighted by Gasteiger charge is -2.17. The van der Waals surface area contributed by atoms with Crippen LogP contribution < -0.4 is 10.6 Å². The molecule has 0 aromatic heterocycles. The van der Waals surface area contributed by atoms with Crippen LogP contribution in [0.1, 0.15) is 28.9 Å². The normalized spacial score (nSPS) is 11.8. The van der Waals surface area contributed by atoms with Crippen molar-refractivity contribution in [2.45, 2.75) is 13.0 Å². The SMILES string of the molecule is CC(OC(=O)c1ccc(N(C)C)c(N)c1)c1ccccc1. The van der Waals surface area contributed by atoms with E-state index >= 15 is 0 Å². The fraction of sp³-hybridized carbons (Fsp3) is 0.235. The number of hydrogen-bond acceptors (Lipinski definition) is 4. The largest absolute Gasteiger partial charge is 0.454 e. The van der Waals surface area contributed by atoms with E-state index in [1.54, 1.807) is 12.1 Å². The predicted molar refractivity (Wildman–Crippen MR) is 85.5 cm³/mol. The van der Waals surface area contributed by atoms with Crippen molar-refractivity contribution in [3.05, 3.63) is 59.7 Å². The average Bonchev–Trinajstić information content (AvgIpc) is 2.47. The molecule has 21 heavy (non-hydrogen) atoms. The molecule has 2 aromatic rings. The van der Waals surface area contributed by atoms with Gasteiger partial charge in [-0.2, -0.15) is 0 Å². The minimum absolute atomic E-state index is 0.298. The van der Waals surface area contributed by atoms with Gasteiger partial charge < -0.3 is 15.4 Å². The van der Waals surface area contributed by atoms with Crippen LogP contribution in [0.2, 0.25) is 0 Å². The molecule has 1 unspecified atom stereocenters. The quantitative estimate of drug-likeness (QED) is 0.691. The Morgan fingerprint density at radius 1 is 1.14 bits per heavy atom. The van der Waals surface area contributed by atoms with E-state index in [1.807, 2.05) is 62.3 Å². The number of carbonyl (C=O) groups excluding carboxylic acids is 1. The molecule has 0 spiro atoms. The van der Waals surface area contributed by atoms with Gasteiger partial charge in [-0.3, -0.25) is 0 Å². The van der Waals surface area contributed by atoms with Gasteiger partial charge in [0.05, 0.1) is 16.9 Å². The zero-order chi connectivity index (χ0) is 15.4. The molecule has 0 radical (unpaired) electrons. The van der Waals surface area contributed by atoms with E-state index in [0.717, 1.165) is 11.3 Å². The fourth-order valence-electron chi connectivity index (χ4n) is 2.11. The first-order valence-electron chi connectivity index (χ1n) is 6.82. The topological polar surface area (TPSA) is 55.6 Å². The number of rotatable bonds is 4. The smallest absolute Gasteiger partial charge is 0.338 e. The van der Waals surface area contributed by atoms with Gasteiger partial charge in [0.1, 0.15) is 6.10 Å². The van der Waals surface area contributed by atoms with E-state index in [2.05, 4.69) is 0 Å². The van der Waals surface area contributed by atoms with Gasteiger partial charge in [0, 0.05) is 14.1 Å². The number of esters is 1. The number of benzene rings is 2. The maximum Gasteiger partial charge on any atom is 0.338 e. The second-order valence-corrected chi connectivity index (χ2v) is 5.13. The summed E-state index contributed by atoms with van der Waals surface area (Å²) >= 11 is 0. The Balaban J connectivity index is 2.12. The molecule has 2 rings (SSSR count). The van der Waals surface area contributed by atoms with Crippen LogP contribution in [0, 0.1) is 0 Å². The van der Waals surface area contributed by atoms with Gasteiger partial charge in [0.2, 0.25) is 0 Å². The molecule has 0 amide bonds. The standard InChI is InChI=1S/C17H20N2O2/c1-12(13-7-5-4-6-8-13)21-17(20)14-9-10-16(19(2)3)15(18)11-14/h4-12H,18H2,1-3H3. The first-order chi connectivity index (χ1) is 9.99. The maximum absolute atomic E-state index is 12.2. The molecule has 0 saturated carbocycles. The molecular formula is C17H20N2O2. The lowest BCUT2D eigenvalue weighted by atomic mass is 10.1. The Bertz CT molecular complexity index is 624. The van der Waals surface area contributed by atoms with Crippen molar-refractivity contribution < 1.29 is 9.53 Å². The first kappa shape index (κ1) is 14.9. The van der Waals surface area contributed by atoms with Crippen LogP contribution >= 0.6 is 0 Å². The number of nitrogens with two attached hydrogens (primary N) is 1. The second-order valence-electron chi connectivity index (χ2n) is 5.13. The van der Waals surface area contributed by atoms with E-state index in [-0.39, 0.29) is 12.1 Å². The third kappa shape index (κ3) is 3.54. The van der Waals surface area contributed by atoms with E-state index in [1.165, 1.54) is 0 Å². The van der Waals surface area contributed by atoms with Crippen LogP contribution in [0.3, 0.4) is 0 Å². The molecule has 2 N–H and O–H groups in total. The van der Waals surface area contributed by atoms with Gasteiger partial charge in [-0.05, 0) is 30.7 Å². The van der Waals surface area contributed by atoms with Crippen molar-refractivity contribution in [3.63, 3.8) is 0 Å². The molecule has 0 aliphatic rings. The average molecular weight is 284 g/mol. The molecule has 1 atom stereocenters. The molecule has 0 aliphatic heterocycles. The molecule has 0 fully saturated rings. The van der Waals surface area contributed by atoms with Crippen LogP contribution in [0.15, 0.2) is 48.5 Å². The highest BCUT2D eigenvalue weighted by molar-refractivity contribution is 5.92. The highest BCUT2D eigenvalue weighted by Crippen LogP contribution is 2.24. The number of carbonyl (C=O) groups is 1. The van der Waals surface area contributed by atoms with E-state index in [4.69, 9.17) is 10.5 Å². The number of anilines is 2. The summed E-state index contributed by atoms with van der Waals surface area (Å²) in [5, 5.41) is 0. The molecule has 0 heterocycles. The third-order valence-corrected chi connectivity index (χ3v) is 3.30. The summed E-state index contributed by atoms with van der Waals surface area (Å²) in [7, 11) is 3.81. The third-order valence-electron chi connectivity index (χ3n) is 3.30. The summed E-state index contributed by atoms with van der Waals surface area (Å²) in [4.78, 5) is 14.1. The first-order valence-corrected chi connectivity index (χ1v) is 6.82. The van der Waals surface area contributed by atoms with Gasteiger partial charge in [0.25, 0.3) is 0 Å². The maximum atomic E-state index is 12.2. The number of nitrogens with zero attached hydrogens (tertiary/aromatic N) is 1. The van der Waals surface area contributed by atoms with Crippen molar-refractivity contribution in [2.75, 3.05) is 24.7 Å². The Hall–Kier alpha value is -2.49. The zero-order valence-corrected chi connectivity index (χ0v) is 12.5. The molecule has 110 valence electrons. The molecule has 0 saturated heterocycles. The molecule has 0 aliphatic carbocycles. The van der Waals surface area contributed by atoms with Crippen LogP contribution in [-0.4, -0.2) is 20.1 Å². The van der Waals surface area contributed by atoms with Crippen LogP contribution in [0.25, 0.3) is 0 Å². The summed E-state index contributed by atoms with van der Waals surface area (Å²) in [6.45, 7) is 1.85. The Morgan fingerprint density at radius 3 is 2.38 bits per heavy atom. The summed E-state index contributed by atoms with van der Waals surface area (Å²) in [6.07, 6.45) is -0.298. The van der Waals surface area contributed by atoms with Gasteiger partial charge in [-0.15, -0.1) is 0 Å². The van der Waals surface area contributed by atoms with Crippen LogP contribution in [0.4, 0.5) is 11.4 Å². The van der Waals surface area contributed by atoms with Gasteiger partial charge in [-0.25, -0.2) is 4.79 Å². The highest BCUT2D eigenvalue weighted by atomic mass is 16.5.